The topological polar surface area (TPSA) is 33.5 Å². The van der Waals surface area contributed by atoms with Gasteiger partial charge < -0.3 is 14.5 Å². The molecule has 2 aromatic heterocycles. The fourth-order valence-corrected chi connectivity index (χ4v) is 9.21. The van der Waals surface area contributed by atoms with Crippen LogP contribution in [0.15, 0.2) is 170 Å². The van der Waals surface area contributed by atoms with Crippen molar-refractivity contribution in [3.63, 3.8) is 0 Å². The Hall–Kier alpha value is -6.59. The summed E-state index contributed by atoms with van der Waals surface area (Å²) in [5, 5.41) is 2.40. The fraction of sp³-hybridized carbons (Fsp3) is 0.271. The molecule has 1 aliphatic heterocycles. The van der Waals surface area contributed by atoms with Crippen LogP contribution in [0.3, 0.4) is 0 Å². The van der Waals surface area contributed by atoms with Gasteiger partial charge in [0.25, 0.3) is 0 Å². The third-order valence-electron chi connectivity index (χ3n) is 13.0. The van der Waals surface area contributed by atoms with Crippen molar-refractivity contribution in [2.75, 3.05) is 16.5 Å². The van der Waals surface area contributed by atoms with Crippen LogP contribution >= 0.6 is 0 Å². The van der Waals surface area contributed by atoms with Gasteiger partial charge in [-0.05, 0) is 92.7 Å². The van der Waals surface area contributed by atoms with Crippen LogP contribution in [-0.2, 0) is 16.2 Å². The molecular formula is C59H62N4O. The summed E-state index contributed by atoms with van der Waals surface area (Å²) in [6.07, 6.45) is 4.27. The van der Waals surface area contributed by atoms with Crippen molar-refractivity contribution >= 4 is 33.2 Å². The Morgan fingerprint density at radius 3 is 1.89 bits per heavy atom. The van der Waals surface area contributed by atoms with Crippen LogP contribution in [0.5, 0.6) is 11.5 Å². The zero-order valence-corrected chi connectivity index (χ0v) is 39.5. The first-order valence-corrected chi connectivity index (χ1v) is 22.7. The molecule has 1 aliphatic rings. The van der Waals surface area contributed by atoms with E-state index in [4.69, 9.17) is 9.72 Å². The Labute approximate surface area is 380 Å². The summed E-state index contributed by atoms with van der Waals surface area (Å²) in [7, 11) is 0. The largest absolute Gasteiger partial charge is 0.457 e. The van der Waals surface area contributed by atoms with E-state index in [1.54, 1.807) is 0 Å². The summed E-state index contributed by atoms with van der Waals surface area (Å²) in [6, 6.07) is 54.8. The zero-order chi connectivity index (χ0) is 45.2. The minimum Gasteiger partial charge on any atom is -0.457 e. The molecule has 0 amide bonds. The number of hydrogen-bond acceptors (Lipinski definition) is 4. The van der Waals surface area contributed by atoms with E-state index in [0.29, 0.717) is 6.67 Å². The molecule has 0 N–H and O–H groups in total. The lowest BCUT2D eigenvalue weighted by Crippen LogP contribution is -2.31. The van der Waals surface area contributed by atoms with E-state index >= 15 is 0 Å². The second kappa shape index (κ2) is 15.9. The van der Waals surface area contributed by atoms with Crippen LogP contribution < -0.4 is 14.5 Å². The van der Waals surface area contributed by atoms with Crippen molar-refractivity contribution in [3.8, 4) is 28.4 Å². The van der Waals surface area contributed by atoms with Gasteiger partial charge in [0.15, 0.2) is 0 Å². The minimum atomic E-state index is -0.353. The number of anilines is 2. The van der Waals surface area contributed by atoms with Crippen LogP contribution in [-0.4, -0.2) is 16.2 Å². The number of allylic oxidation sites excluding steroid dienone is 1. The fourth-order valence-electron chi connectivity index (χ4n) is 9.21. The van der Waals surface area contributed by atoms with Gasteiger partial charge >= 0.3 is 0 Å². The van der Waals surface area contributed by atoms with Gasteiger partial charge in [-0.2, -0.15) is 0 Å². The number of ether oxygens (including phenoxy) is 1. The molecule has 0 radical (unpaired) electrons. The standard InChI is InChI=1S/C59H62N4O/c1-56(2,3)43-29-30-60-54(34-43)63-51-28-19-18-27-49(51)55-50(59(10,11)42-23-16-13-17-24-42)36-48(37-52(55)63)64-47-26-20-25-45(35-47)61-38-53(58(7,8)9)62(39-61)46-32-41(40-21-14-12-15-22-40)31-44(33-46)57(4,5)6/h12-38H,39H2,1-11H3. The molecule has 0 spiro atoms. The summed E-state index contributed by atoms with van der Waals surface area (Å²) >= 11 is 0. The molecule has 5 nitrogen and oxygen atoms in total. The summed E-state index contributed by atoms with van der Waals surface area (Å²) in [6.45, 7) is 25.9. The normalized spacial score (nSPS) is 13.8. The molecule has 0 atom stereocenters. The van der Waals surface area contributed by atoms with Crippen molar-refractivity contribution in [1.29, 1.82) is 0 Å². The number of pyridine rings is 1. The number of aromatic nitrogens is 2. The van der Waals surface area contributed by atoms with E-state index in [-0.39, 0.29) is 21.7 Å². The van der Waals surface area contributed by atoms with Crippen LogP contribution in [0.4, 0.5) is 11.4 Å². The van der Waals surface area contributed by atoms with Crippen LogP contribution in [0.2, 0.25) is 0 Å². The van der Waals surface area contributed by atoms with Crippen LogP contribution in [0.25, 0.3) is 38.8 Å². The molecule has 0 unspecified atom stereocenters. The van der Waals surface area contributed by atoms with E-state index in [0.717, 1.165) is 34.0 Å². The first-order chi connectivity index (χ1) is 30.4. The highest BCUT2D eigenvalue weighted by Crippen LogP contribution is 2.46. The van der Waals surface area contributed by atoms with Crippen LogP contribution in [0, 0.1) is 5.41 Å². The maximum atomic E-state index is 7.05. The van der Waals surface area contributed by atoms with Gasteiger partial charge in [-0.1, -0.05) is 167 Å². The van der Waals surface area contributed by atoms with Gasteiger partial charge in [-0.15, -0.1) is 0 Å². The molecule has 64 heavy (non-hydrogen) atoms. The van der Waals surface area contributed by atoms with Crippen LogP contribution in [0.1, 0.15) is 98.4 Å². The van der Waals surface area contributed by atoms with Gasteiger partial charge in [-0.3, -0.25) is 4.57 Å². The van der Waals surface area contributed by atoms with Crippen molar-refractivity contribution in [2.24, 2.45) is 5.41 Å². The Morgan fingerprint density at radius 1 is 0.500 bits per heavy atom. The lowest BCUT2D eigenvalue weighted by Gasteiger charge is -2.32. The molecule has 324 valence electrons. The zero-order valence-electron chi connectivity index (χ0n) is 39.5. The summed E-state index contributed by atoms with van der Waals surface area (Å²) < 4.78 is 9.37. The summed E-state index contributed by atoms with van der Waals surface area (Å²) in [5.74, 6) is 2.45. The molecule has 0 bridgehead atoms. The number of nitrogens with zero attached hydrogens (tertiary/aromatic N) is 4. The Balaban J connectivity index is 1.15. The maximum Gasteiger partial charge on any atom is 0.137 e. The molecule has 9 rings (SSSR count). The first kappa shape index (κ1) is 42.7. The Bertz CT molecular complexity index is 3030. The summed E-state index contributed by atoms with van der Waals surface area (Å²) in [4.78, 5) is 9.86. The van der Waals surface area contributed by atoms with Gasteiger partial charge in [0, 0.05) is 63.2 Å². The molecule has 6 aromatic carbocycles. The lowest BCUT2D eigenvalue weighted by molar-refractivity contribution is 0.481. The summed E-state index contributed by atoms with van der Waals surface area (Å²) in [5.41, 5.74) is 12.6. The van der Waals surface area contributed by atoms with Crippen molar-refractivity contribution in [1.82, 2.24) is 9.55 Å². The van der Waals surface area contributed by atoms with E-state index in [9.17, 15) is 0 Å². The number of hydrogen-bond donors (Lipinski definition) is 0. The predicted molar refractivity (Wildman–Crippen MR) is 270 cm³/mol. The van der Waals surface area contributed by atoms with Gasteiger partial charge in [0.05, 0.1) is 17.7 Å². The van der Waals surface area contributed by atoms with Gasteiger partial charge in [0.1, 0.15) is 17.3 Å². The molecular weight excluding hydrogens is 781 g/mol. The lowest BCUT2D eigenvalue weighted by atomic mass is 9.76. The smallest absolute Gasteiger partial charge is 0.137 e. The number of fused-ring (bicyclic) bond motifs is 3. The Kier molecular flexibility index (Phi) is 10.6. The SMILES string of the molecule is CC(C)(C)C1=CN(c2cccc(Oc3cc(C(C)(C)c4ccccc4)c4c5ccccc5n(-c5cc(C(C)(C)C)ccn5)c4c3)c2)CN1c1cc(-c2ccccc2)cc(C(C)(C)C)c1. The molecule has 3 heterocycles. The van der Waals surface area contributed by atoms with E-state index in [1.165, 1.54) is 55.5 Å². The highest BCUT2D eigenvalue weighted by molar-refractivity contribution is 6.11. The average Bonchev–Trinajstić information content (AvgIpc) is 3.87. The van der Waals surface area contributed by atoms with Gasteiger partial charge in [0.2, 0.25) is 0 Å². The highest BCUT2D eigenvalue weighted by atomic mass is 16.5. The second-order valence-corrected chi connectivity index (χ2v) is 21.1. The van der Waals surface area contributed by atoms with Crippen molar-refractivity contribution in [2.45, 2.75) is 92.4 Å². The highest BCUT2D eigenvalue weighted by Gasteiger charge is 2.33. The third kappa shape index (κ3) is 8.09. The van der Waals surface area contributed by atoms with E-state index < -0.39 is 0 Å². The molecule has 0 fully saturated rings. The quantitative estimate of drug-likeness (QED) is 0.153. The minimum absolute atomic E-state index is 0.0171. The molecule has 0 saturated heterocycles. The molecule has 8 aromatic rings. The third-order valence-corrected chi connectivity index (χ3v) is 13.0. The number of para-hydroxylation sites is 1. The average molecular weight is 843 g/mol. The van der Waals surface area contributed by atoms with Gasteiger partial charge in [-0.25, -0.2) is 4.98 Å². The monoisotopic (exact) mass is 842 g/mol. The van der Waals surface area contributed by atoms with Crippen molar-refractivity contribution in [3.05, 3.63) is 192 Å². The maximum absolute atomic E-state index is 7.05. The predicted octanol–water partition coefficient (Wildman–Crippen LogP) is 15.7. The Morgan fingerprint density at radius 2 is 1.19 bits per heavy atom. The van der Waals surface area contributed by atoms with E-state index in [2.05, 4.69) is 248 Å². The number of rotatable bonds is 8. The molecule has 0 saturated carbocycles. The number of benzene rings is 6. The first-order valence-electron chi connectivity index (χ1n) is 22.7. The van der Waals surface area contributed by atoms with E-state index in [1.807, 2.05) is 6.20 Å². The molecule has 0 aliphatic carbocycles. The van der Waals surface area contributed by atoms with Crippen molar-refractivity contribution < 1.29 is 4.74 Å². The second-order valence-electron chi connectivity index (χ2n) is 21.1. The molecule has 5 heteroatoms.